The van der Waals surface area contributed by atoms with Crippen molar-refractivity contribution in [1.29, 1.82) is 0 Å². The number of rotatable bonds is 11. The van der Waals surface area contributed by atoms with Gasteiger partial charge in [0.15, 0.2) is 0 Å². The van der Waals surface area contributed by atoms with Crippen LogP contribution in [0.15, 0.2) is 23.3 Å². The second-order valence-electron chi connectivity index (χ2n) is 12.8. The normalized spacial score (nSPS) is 26.2. The van der Waals surface area contributed by atoms with Gasteiger partial charge in [-0.05, 0) is 79.6 Å². The molecule has 0 radical (unpaired) electrons. The summed E-state index contributed by atoms with van der Waals surface area (Å²) in [7, 11) is 0. The quantitative estimate of drug-likeness (QED) is 0.315. The van der Waals surface area contributed by atoms with Gasteiger partial charge in [-0.1, -0.05) is 111 Å². The second kappa shape index (κ2) is 11.9. The van der Waals surface area contributed by atoms with Gasteiger partial charge in [0.1, 0.15) is 0 Å². The van der Waals surface area contributed by atoms with Gasteiger partial charge in [0.2, 0.25) is 0 Å². The lowest BCUT2D eigenvalue weighted by atomic mass is 9.71. The molecule has 0 aromatic rings. The second-order valence-corrected chi connectivity index (χ2v) is 12.8. The zero-order valence-electron chi connectivity index (χ0n) is 21.8. The zero-order chi connectivity index (χ0) is 22.2. The molecule has 0 aliphatic heterocycles. The van der Waals surface area contributed by atoms with Gasteiger partial charge in [0.05, 0.1) is 0 Å². The van der Waals surface area contributed by atoms with Gasteiger partial charge in [-0.25, -0.2) is 0 Å². The molecular weight excluding hydrogens is 360 g/mol. The first-order valence-corrected chi connectivity index (χ1v) is 13.5. The summed E-state index contributed by atoms with van der Waals surface area (Å²) in [5, 5.41) is 0. The van der Waals surface area contributed by atoms with E-state index in [2.05, 4.69) is 60.6 Å². The molecule has 0 heteroatoms. The van der Waals surface area contributed by atoms with Gasteiger partial charge in [-0.15, -0.1) is 0 Å². The van der Waals surface area contributed by atoms with E-state index in [0.717, 1.165) is 17.8 Å². The average Bonchev–Trinajstić information content (AvgIpc) is 2.63. The van der Waals surface area contributed by atoms with E-state index < -0.39 is 0 Å². The minimum atomic E-state index is 0.380. The van der Waals surface area contributed by atoms with Gasteiger partial charge in [0.25, 0.3) is 0 Å². The number of allylic oxidation sites excluding steroid dienone is 4. The lowest BCUT2D eigenvalue weighted by molar-refractivity contribution is 0.169. The summed E-state index contributed by atoms with van der Waals surface area (Å²) in [5.41, 5.74) is 4.24. The average molecular weight is 415 g/mol. The Balaban J connectivity index is 1.58. The van der Waals surface area contributed by atoms with E-state index in [1.165, 1.54) is 89.9 Å². The summed E-state index contributed by atoms with van der Waals surface area (Å²) >= 11 is 0. The SMILES string of the molecule is CC1=C(/C=C/C[C@@H](C)CCC[C@@H](C)CCC[C@@H]2CCCC(C)(C)C2)C(C)(C)CCC1. The first-order valence-electron chi connectivity index (χ1n) is 13.5. The van der Waals surface area contributed by atoms with Crippen LogP contribution in [0, 0.1) is 28.6 Å². The van der Waals surface area contributed by atoms with Crippen LogP contribution in [0.25, 0.3) is 0 Å². The minimum Gasteiger partial charge on any atom is -0.0840 e. The topological polar surface area (TPSA) is 0 Å². The van der Waals surface area contributed by atoms with E-state index >= 15 is 0 Å². The van der Waals surface area contributed by atoms with Gasteiger partial charge in [0, 0.05) is 0 Å². The highest BCUT2D eigenvalue weighted by atomic mass is 14.3. The predicted molar refractivity (Wildman–Crippen MR) is 136 cm³/mol. The third-order valence-corrected chi connectivity index (χ3v) is 8.38. The smallest absolute Gasteiger partial charge is 0.0104 e. The maximum absolute atomic E-state index is 2.50. The van der Waals surface area contributed by atoms with Gasteiger partial charge in [-0.3, -0.25) is 0 Å². The molecular formula is C30H54. The molecule has 0 amide bonds. The Labute approximate surface area is 190 Å². The summed E-state index contributed by atoms with van der Waals surface area (Å²) in [6.07, 6.45) is 24.7. The van der Waals surface area contributed by atoms with Crippen LogP contribution >= 0.6 is 0 Å². The Kier molecular flexibility index (Phi) is 10.2. The Hall–Kier alpha value is -0.520. The third-order valence-electron chi connectivity index (χ3n) is 8.38. The van der Waals surface area contributed by atoms with Crippen molar-refractivity contribution in [1.82, 2.24) is 0 Å². The predicted octanol–water partition coefficient (Wildman–Crippen LogP) is 10.3. The first kappa shape index (κ1) is 25.7. The maximum atomic E-state index is 2.50. The highest BCUT2D eigenvalue weighted by Gasteiger charge is 2.28. The standard InChI is InChI=1S/C30H54/c1-24(15-9-18-27-19-12-21-29(4,5)23-27)13-8-14-25(2)16-10-20-28-26(3)17-11-22-30(28,6)7/h10,20,24-25,27H,8-9,11-19,21-23H2,1-7H3/b20-10+/t24-,25+,27-/m1/s1. The molecule has 0 heterocycles. The molecule has 2 rings (SSSR count). The molecule has 0 bridgehead atoms. The number of hydrogen-bond acceptors (Lipinski definition) is 0. The van der Waals surface area contributed by atoms with Crippen LogP contribution in [0.4, 0.5) is 0 Å². The third kappa shape index (κ3) is 8.92. The van der Waals surface area contributed by atoms with Crippen molar-refractivity contribution >= 4 is 0 Å². The molecule has 0 aromatic carbocycles. The van der Waals surface area contributed by atoms with Crippen LogP contribution in [-0.4, -0.2) is 0 Å². The fraction of sp³-hybridized carbons (Fsp3) is 0.867. The molecule has 3 atom stereocenters. The zero-order valence-corrected chi connectivity index (χ0v) is 21.8. The van der Waals surface area contributed by atoms with Crippen molar-refractivity contribution in [3.8, 4) is 0 Å². The summed E-state index contributed by atoms with van der Waals surface area (Å²) < 4.78 is 0. The summed E-state index contributed by atoms with van der Waals surface area (Å²) in [6, 6.07) is 0. The maximum Gasteiger partial charge on any atom is -0.0104 e. The fourth-order valence-electron chi connectivity index (χ4n) is 6.36. The Morgan fingerprint density at radius 1 is 0.933 bits per heavy atom. The molecule has 0 saturated heterocycles. The van der Waals surface area contributed by atoms with Crippen LogP contribution in [0.1, 0.15) is 138 Å². The van der Waals surface area contributed by atoms with Crippen molar-refractivity contribution in [2.24, 2.45) is 28.6 Å². The molecule has 0 spiro atoms. The molecule has 2 aliphatic carbocycles. The molecule has 0 unspecified atom stereocenters. The molecule has 2 aliphatic rings. The Morgan fingerprint density at radius 2 is 1.63 bits per heavy atom. The van der Waals surface area contributed by atoms with Crippen LogP contribution in [-0.2, 0) is 0 Å². The van der Waals surface area contributed by atoms with Gasteiger partial charge >= 0.3 is 0 Å². The summed E-state index contributed by atoms with van der Waals surface area (Å²) in [4.78, 5) is 0. The van der Waals surface area contributed by atoms with Crippen molar-refractivity contribution in [2.45, 2.75) is 138 Å². The van der Waals surface area contributed by atoms with E-state index in [4.69, 9.17) is 0 Å². The lowest BCUT2D eigenvalue weighted by Gasteiger charge is -2.35. The fourth-order valence-corrected chi connectivity index (χ4v) is 6.36. The van der Waals surface area contributed by atoms with E-state index in [1.807, 2.05) is 0 Å². The van der Waals surface area contributed by atoms with Crippen molar-refractivity contribution < 1.29 is 0 Å². The molecule has 0 N–H and O–H groups in total. The van der Waals surface area contributed by atoms with Crippen molar-refractivity contribution in [3.05, 3.63) is 23.3 Å². The largest absolute Gasteiger partial charge is 0.0840 e. The van der Waals surface area contributed by atoms with E-state index in [-0.39, 0.29) is 0 Å². The highest BCUT2D eigenvalue weighted by molar-refractivity contribution is 5.32. The van der Waals surface area contributed by atoms with Crippen molar-refractivity contribution in [3.63, 3.8) is 0 Å². The number of hydrogen-bond donors (Lipinski definition) is 0. The summed E-state index contributed by atoms with van der Waals surface area (Å²) in [5.74, 6) is 2.76. The summed E-state index contributed by atoms with van der Waals surface area (Å²) in [6.45, 7) is 17.1. The molecule has 0 nitrogen and oxygen atoms in total. The van der Waals surface area contributed by atoms with Gasteiger partial charge in [-0.2, -0.15) is 0 Å². The first-order chi connectivity index (χ1) is 14.1. The van der Waals surface area contributed by atoms with Crippen LogP contribution < -0.4 is 0 Å². The minimum absolute atomic E-state index is 0.380. The van der Waals surface area contributed by atoms with Crippen LogP contribution in [0.5, 0.6) is 0 Å². The molecule has 30 heavy (non-hydrogen) atoms. The van der Waals surface area contributed by atoms with Gasteiger partial charge < -0.3 is 0 Å². The van der Waals surface area contributed by atoms with Crippen LogP contribution in [0.3, 0.4) is 0 Å². The molecule has 0 aromatic heterocycles. The van der Waals surface area contributed by atoms with Crippen molar-refractivity contribution in [2.75, 3.05) is 0 Å². The van der Waals surface area contributed by atoms with E-state index in [9.17, 15) is 0 Å². The molecule has 174 valence electrons. The molecule has 1 fully saturated rings. The highest BCUT2D eigenvalue weighted by Crippen LogP contribution is 2.41. The Morgan fingerprint density at radius 3 is 2.33 bits per heavy atom. The van der Waals surface area contributed by atoms with Crippen LogP contribution in [0.2, 0.25) is 0 Å². The molecule has 1 saturated carbocycles. The lowest BCUT2D eigenvalue weighted by Crippen LogP contribution is -2.22. The monoisotopic (exact) mass is 414 g/mol. The van der Waals surface area contributed by atoms with E-state index in [1.54, 1.807) is 11.1 Å². The Bertz CT molecular complexity index is 559. The van der Waals surface area contributed by atoms with E-state index in [0.29, 0.717) is 10.8 Å².